The number of hydrogen-bond donors (Lipinski definition) is 2. The number of aliphatic hydroxyl groups is 1. The number of nitrogens with one attached hydrogen (secondary N) is 1. The second-order valence-electron chi connectivity index (χ2n) is 4.77. The van der Waals surface area contributed by atoms with E-state index in [1.54, 1.807) is 0 Å². The maximum Gasteiger partial charge on any atom is 0.0587 e. The van der Waals surface area contributed by atoms with Crippen LogP contribution in [-0.4, -0.2) is 36.0 Å². The third-order valence-corrected chi connectivity index (χ3v) is 3.04. The molecule has 1 rings (SSSR count). The second kappa shape index (κ2) is 6.46. The quantitative estimate of drug-likeness (QED) is 0.733. The first-order chi connectivity index (χ1) is 7.11. The van der Waals surface area contributed by atoms with Gasteiger partial charge in [0.05, 0.1) is 12.2 Å². The van der Waals surface area contributed by atoms with Gasteiger partial charge in [-0.05, 0) is 39.5 Å². The summed E-state index contributed by atoms with van der Waals surface area (Å²) in [7, 11) is 0. The first kappa shape index (κ1) is 12.9. The second-order valence-corrected chi connectivity index (χ2v) is 4.77. The van der Waals surface area contributed by atoms with Crippen molar-refractivity contribution in [1.82, 2.24) is 5.32 Å². The zero-order chi connectivity index (χ0) is 11.3. The summed E-state index contributed by atoms with van der Waals surface area (Å²) < 4.78 is 5.63. The summed E-state index contributed by atoms with van der Waals surface area (Å²) in [6.45, 7) is 7.03. The van der Waals surface area contributed by atoms with Gasteiger partial charge in [0.1, 0.15) is 0 Å². The molecule has 1 aliphatic rings. The van der Waals surface area contributed by atoms with Crippen LogP contribution in [0.2, 0.25) is 0 Å². The SMILES string of the molecule is CCC1CC(NC(C)CC(C)O)CCO1. The first-order valence-corrected chi connectivity index (χ1v) is 6.17. The van der Waals surface area contributed by atoms with Crippen molar-refractivity contribution >= 4 is 0 Å². The van der Waals surface area contributed by atoms with Crippen molar-refractivity contribution in [2.75, 3.05) is 6.61 Å². The molecule has 1 aliphatic heterocycles. The van der Waals surface area contributed by atoms with Gasteiger partial charge in [-0.3, -0.25) is 0 Å². The van der Waals surface area contributed by atoms with Crippen LogP contribution in [0.3, 0.4) is 0 Å². The van der Waals surface area contributed by atoms with E-state index in [4.69, 9.17) is 4.74 Å². The van der Waals surface area contributed by atoms with Gasteiger partial charge in [-0.25, -0.2) is 0 Å². The predicted octanol–water partition coefficient (Wildman–Crippen LogP) is 1.69. The monoisotopic (exact) mass is 215 g/mol. The average Bonchev–Trinajstić information content (AvgIpc) is 2.16. The lowest BCUT2D eigenvalue weighted by molar-refractivity contribution is -0.00248. The van der Waals surface area contributed by atoms with Crippen LogP contribution in [0.4, 0.5) is 0 Å². The van der Waals surface area contributed by atoms with E-state index in [1.807, 2.05) is 6.92 Å². The van der Waals surface area contributed by atoms with Gasteiger partial charge < -0.3 is 15.2 Å². The molecular weight excluding hydrogens is 190 g/mol. The predicted molar refractivity (Wildman–Crippen MR) is 61.9 cm³/mol. The number of aliphatic hydroxyl groups excluding tert-OH is 1. The van der Waals surface area contributed by atoms with Crippen molar-refractivity contribution in [1.29, 1.82) is 0 Å². The van der Waals surface area contributed by atoms with Crippen molar-refractivity contribution in [3.8, 4) is 0 Å². The van der Waals surface area contributed by atoms with Crippen molar-refractivity contribution in [3.05, 3.63) is 0 Å². The Bertz CT molecular complexity index is 173. The molecule has 0 aromatic rings. The first-order valence-electron chi connectivity index (χ1n) is 6.17. The fourth-order valence-corrected chi connectivity index (χ4v) is 2.30. The van der Waals surface area contributed by atoms with Gasteiger partial charge in [-0.1, -0.05) is 6.92 Å². The van der Waals surface area contributed by atoms with Crippen LogP contribution in [0.5, 0.6) is 0 Å². The molecule has 0 aromatic heterocycles. The van der Waals surface area contributed by atoms with E-state index in [-0.39, 0.29) is 6.10 Å². The molecule has 0 spiro atoms. The summed E-state index contributed by atoms with van der Waals surface area (Å²) in [5.41, 5.74) is 0. The van der Waals surface area contributed by atoms with Crippen molar-refractivity contribution in [2.24, 2.45) is 0 Å². The van der Waals surface area contributed by atoms with E-state index < -0.39 is 0 Å². The minimum atomic E-state index is -0.214. The zero-order valence-corrected chi connectivity index (χ0v) is 10.2. The van der Waals surface area contributed by atoms with Crippen LogP contribution in [0.25, 0.3) is 0 Å². The largest absolute Gasteiger partial charge is 0.393 e. The minimum Gasteiger partial charge on any atom is -0.393 e. The fourth-order valence-electron chi connectivity index (χ4n) is 2.30. The van der Waals surface area contributed by atoms with Crippen LogP contribution < -0.4 is 5.32 Å². The van der Waals surface area contributed by atoms with Gasteiger partial charge in [0.25, 0.3) is 0 Å². The standard InChI is InChI=1S/C12H25NO2/c1-4-12-8-11(5-6-15-12)13-9(2)7-10(3)14/h9-14H,4-8H2,1-3H3. The summed E-state index contributed by atoms with van der Waals surface area (Å²) in [6.07, 6.45) is 4.35. The van der Waals surface area contributed by atoms with Crippen LogP contribution in [-0.2, 0) is 4.74 Å². The molecule has 0 bridgehead atoms. The summed E-state index contributed by atoms with van der Waals surface area (Å²) in [4.78, 5) is 0. The molecule has 4 unspecified atom stereocenters. The Balaban J connectivity index is 2.25. The van der Waals surface area contributed by atoms with Gasteiger partial charge in [-0.2, -0.15) is 0 Å². The van der Waals surface area contributed by atoms with Crippen LogP contribution >= 0.6 is 0 Å². The van der Waals surface area contributed by atoms with Crippen LogP contribution in [0.15, 0.2) is 0 Å². The smallest absolute Gasteiger partial charge is 0.0587 e. The summed E-state index contributed by atoms with van der Waals surface area (Å²) >= 11 is 0. The molecule has 3 nitrogen and oxygen atoms in total. The molecule has 15 heavy (non-hydrogen) atoms. The molecule has 1 heterocycles. The lowest BCUT2D eigenvalue weighted by Gasteiger charge is -2.32. The number of hydrogen-bond acceptors (Lipinski definition) is 3. The molecule has 2 N–H and O–H groups in total. The Labute approximate surface area is 93.2 Å². The molecule has 0 aromatic carbocycles. The molecule has 0 amide bonds. The van der Waals surface area contributed by atoms with Gasteiger partial charge in [-0.15, -0.1) is 0 Å². The summed E-state index contributed by atoms with van der Waals surface area (Å²) in [6, 6.07) is 0.961. The highest BCUT2D eigenvalue weighted by atomic mass is 16.5. The molecule has 0 saturated carbocycles. The summed E-state index contributed by atoms with van der Waals surface area (Å²) in [5.74, 6) is 0. The van der Waals surface area contributed by atoms with Crippen molar-refractivity contribution < 1.29 is 9.84 Å². The normalized spacial score (nSPS) is 31.2. The minimum absolute atomic E-state index is 0.214. The third-order valence-electron chi connectivity index (χ3n) is 3.04. The lowest BCUT2D eigenvalue weighted by atomic mass is 10.00. The van der Waals surface area contributed by atoms with Gasteiger partial charge >= 0.3 is 0 Å². The molecule has 0 aliphatic carbocycles. The zero-order valence-electron chi connectivity index (χ0n) is 10.2. The third kappa shape index (κ3) is 4.96. The van der Waals surface area contributed by atoms with Crippen molar-refractivity contribution in [3.63, 3.8) is 0 Å². The van der Waals surface area contributed by atoms with Gasteiger partial charge in [0, 0.05) is 18.7 Å². The highest BCUT2D eigenvalue weighted by Crippen LogP contribution is 2.17. The number of rotatable bonds is 5. The van der Waals surface area contributed by atoms with Gasteiger partial charge in [0.2, 0.25) is 0 Å². The van der Waals surface area contributed by atoms with E-state index in [2.05, 4.69) is 19.2 Å². The van der Waals surface area contributed by atoms with E-state index in [9.17, 15) is 5.11 Å². The molecule has 3 heteroatoms. The van der Waals surface area contributed by atoms with E-state index in [1.165, 1.54) is 0 Å². The summed E-state index contributed by atoms with van der Waals surface area (Å²) in [5, 5.41) is 12.9. The molecular formula is C12H25NO2. The van der Waals surface area contributed by atoms with E-state index in [0.717, 1.165) is 32.3 Å². The maximum atomic E-state index is 9.29. The molecule has 1 saturated heterocycles. The van der Waals surface area contributed by atoms with Gasteiger partial charge in [0.15, 0.2) is 0 Å². The highest BCUT2D eigenvalue weighted by molar-refractivity contribution is 4.79. The topological polar surface area (TPSA) is 41.5 Å². The van der Waals surface area contributed by atoms with E-state index >= 15 is 0 Å². The molecule has 4 atom stereocenters. The molecule has 0 radical (unpaired) electrons. The van der Waals surface area contributed by atoms with Crippen LogP contribution in [0, 0.1) is 0 Å². The Kier molecular flexibility index (Phi) is 5.58. The molecule has 90 valence electrons. The fraction of sp³-hybridized carbons (Fsp3) is 1.00. The Morgan fingerprint density at radius 3 is 2.80 bits per heavy atom. The Hall–Kier alpha value is -0.120. The number of ether oxygens (including phenoxy) is 1. The lowest BCUT2D eigenvalue weighted by Crippen LogP contribution is -2.43. The Morgan fingerprint density at radius 2 is 2.20 bits per heavy atom. The highest BCUT2D eigenvalue weighted by Gasteiger charge is 2.22. The van der Waals surface area contributed by atoms with E-state index in [0.29, 0.717) is 18.2 Å². The maximum absolute atomic E-state index is 9.29. The van der Waals surface area contributed by atoms with Crippen molar-refractivity contribution in [2.45, 2.75) is 70.7 Å². The Morgan fingerprint density at radius 1 is 1.47 bits per heavy atom. The molecule has 1 fully saturated rings. The average molecular weight is 215 g/mol. The van der Waals surface area contributed by atoms with Crippen LogP contribution in [0.1, 0.15) is 46.5 Å².